The van der Waals surface area contributed by atoms with E-state index in [2.05, 4.69) is 27.7 Å². The summed E-state index contributed by atoms with van der Waals surface area (Å²) in [6.07, 6.45) is 5.86. The molecule has 1 aromatic carbocycles. The van der Waals surface area contributed by atoms with Crippen molar-refractivity contribution in [3.8, 4) is 0 Å². The smallest absolute Gasteiger partial charge is 0.326 e. The van der Waals surface area contributed by atoms with Gasteiger partial charge in [0.2, 0.25) is 0 Å². The van der Waals surface area contributed by atoms with Gasteiger partial charge in [-0.1, -0.05) is 24.3 Å². The van der Waals surface area contributed by atoms with Gasteiger partial charge in [0.25, 0.3) is 5.91 Å². The molecule has 1 fully saturated rings. The molecule has 2 aliphatic heterocycles. The van der Waals surface area contributed by atoms with Crippen molar-refractivity contribution in [1.82, 2.24) is 15.2 Å². The molecule has 1 aromatic heterocycles. The number of aryl methyl sites for hydroxylation is 4. The van der Waals surface area contributed by atoms with Gasteiger partial charge < -0.3 is 20.6 Å². The first-order valence-corrected chi connectivity index (χ1v) is 12.5. The first kappa shape index (κ1) is 24.2. The van der Waals surface area contributed by atoms with E-state index in [0.29, 0.717) is 24.4 Å². The van der Waals surface area contributed by atoms with E-state index in [-0.39, 0.29) is 5.91 Å². The second kappa shape index (κ2) is 11.0. The minimum atomic E-state index is -0.984. The van der Waals surface area contributed by atoms with Crippen molar-refractivity contribution in [2.75, 3.05) is 31.5 Å². The molecule has 0 bridgehead atoms. The quantitative estimate of drug-likeness (QED) is 0.525. The lowest BCUT2D eigenvalue weighted by molar-refractivity contribution is -0.139. The van der Waals surface area contributed by atoms with E-state index in [1.54, 1.807) is 0 Å². The molecule has 0 aliphatic carbocycles. The zero-order valence-corrected chi connectivity index (χ0v) is 20.3. The van der Waals surface area contributed by atoms with Gasteiger partial charge >= 0.3 is 5.97 Å². The third kappa shape index (κ3) is 5.95. The molecular formula is C27H36N4O3. The lowest BCUT2D eigenvalue weighted by Crippen LogP contribution is -2.43. The van der Waals surface area contributed by atoms with E-state index in [1.165, 1.54) is 12.0 Å². The summed E-state index contributed by atoms with van der Waals surface area (Å²) >= 11 is 0. The summed E-state index contributed by atoms with van der Waals surface area (Å²) in [5.41, 5.74) is 4.74. The molecule has 0 spiro atoms. The largest absolute Gasteiger partial charge is 0.480 e. The number of carbonyl (C=O) groups is 2. The first-order chi connectivity index (χ1) is 16.4. The Balaban J connectivity index is 1.24. The number of nitrogens with zero attached hydrogens (tertiary/aromatic N) is 2. The molecule has 2 atom stereocenters. The van der Waals surface area contributed by atoms with Crippen molar-refractivity contribution in [3.63, 3.8) is 0 Å². The summed E-state index contributed by atoms with van der Waals surface area (Å²) in [7, 11) is 0. The van der Waals surface area contributed by atoms with E-state index in [1.807, 2.05) is 32.0 Å². The Hall–Kier alpha value is -2.93. The Labute approximate surface area is 202 Å². The third-order valence-electron chi connectivity index (χ3n) is 7.18. The average Bonchev–Trinajstić information content (AvgIpc) is 3.28. The number of carboxylic acids is 1. The highest BCUT2D eigenvalue weighted by molar-refractivity contribution is 5.99. The van der Waals surface area contributed by atoms with Gasteiger partial charge in [0.15, 0.2) is 0 Å². The molecule has 34 heavy (non-hydrogen) atoms. The first-order valence-electron chi connectivity index (χ1n) is 12.5. The van der Waals surface area contributed by atoms with Gasteiger partial charge in [-0.05, 0) is 87.6 Å². The number of aliphatic carboxylic acids is 1. The number of aromatic nitrogens is 1. The number of carbonyl (C=O) groups excluding carboxylic acids is 1. The summed E-state index contributed by atoms with van der Waals surface area (Å²) in [6, 6.07) is 9.13. The number of rotatable bonds is 9. The normalized spacial score (nSPS) is 18.7. The van der Waals surface area contributed by atoms with Crippen LogP contribution in [0.25, 0.3) is 0 Å². The number of amides is 1. The monoisotopic (exact) mass is 464 g/mol. The number of hydrogen-bond acceptors (Lipinski definition) is 5. The van der Waals surface area contributed by atoms with Crippen LogP contribution in [0.15, 0.2) is 30.3 Å². The fourth-order valence-electron chi connectivity index (χ4n) is 5.18. The molecule has 3 N–H and O–H groups in total. The molecule has 2 aromatic rings. The number of nitrogens with one attached hydrogen (secondary N) is 2. The van der Waals surface area contributed by atoms with Crippen LogP contribution in [0.3, 0.4) is 0 Å². The van der Waals surface area contributed by atoms with Crippen LogP contribution in [-0.2, 0) is 17.6 Å². The molecule has 1 amide bonds. The summed E-state index contributed by atoms with van der Waals surface area (Å²) in [4.78, 5) is 31.7. The van der Waals surface area contributed by atoms with Crippen LogP contribution < -0.4 is 10.6 Å². The molecule has 2 aliphatic rings. The number of pyridine rings is 1. The SMILES string of the molecule is Cc1cccc(C)c1C(=O)NC(CCN1CC[C@@H](CCc2ccc3c(n2)NCCC3)C1)C(=O)O. The highest BCUT2D eigenvalue weighted by Crippen LogP contribution is 2.24. The van der Waals surface area contributed by atoms with E-state index in [4.69, 9.17) is 4.98 Å². The number of fused-ring (bicyclic) bond motifs is 1. The molecule has 0 saturated carbocycles. The van der Waals surface area contributed by atoms with Crippen molar-refractivity contribution in [2.45, 2.75) is 58.4 Å². The second-order valence-electron chi connectivity index (χ2n) is 9.75. The van der Waals surface area contributed by atoms with E-state index in [0.717, 1.165) is 68.0 Å². The molecule has 1 unspecified atom stereocenters. The zero-order valence-electron chi connectivity index (χ0n) is 20.3. The molecule has 7 nitrogen and oxygen atoms in total. The van der Waals surface area contributed by atoms with Crippen LogP contribution in [0.1, 0.15) is 58.4 Å². The summed E-state index contributed by atoms with van der Waals surface area (Å²) in [5.74, 6) is 0.356. The highest BCUT2D eigenvalue weighted by Gasteiger charge is 2.26. The summed E-state index contributed by atoms with van der Waals surface area (Å²) in [6.45, 7) is 7.36. The van der Waals surface area contributed by atoms with Gasteiger partial charge in [-0.2, -0.15) is 0 Å². The number of likely N-dealkylation sites (tertiary alicyclic amines) is 1. The molecule has 182 valence electrons. The molecule has 1 saturated heterocycles. The van der Waals surface area contributed by atoms with Gasteiger partial charge in [-0.15, -0.1) is 0 Å². The Morgan fingerprint density at radius 3 is 2.79 bits per heavy atom. The van der Waals surface area contributed by atoms with Gasteiger partial charge in [-0.25, -0.2) is 9.78 Å². The third-order valence-corrected chi connectivity index (χ3v) is 7.18. The molecule has 3 heterocycles. The van der Waals surface area contributed by atoms with Crippen LogP contribution in [0.2, 0.25) is 0 Å². The highest BCUT2D eigenvalue weighted by atomic mass is 16.4. The maximum absolute atomic E-state index is 12.8. The lowest BCUT2D eigenvalue weighted by atomic mass is 10.00. The molecule has 7 heteroatoms. The summed E-state index contributed by atoms with van der Waals surface area (Å²) < 4.78 is 0. The van der Waals surface area contributed by atoms with Gasteiger partial charge in [0, 0.05) is 30.9 Å². The average molecular weight is 465 g/mol. The van der Waals surface area contributed by atoms with Crippen LogP contribution in [0, 0.1) is 19.8 Å². The Kier molecular flexibility index (Phi) is 7.83. The number of benzene rings is 1. The van der Waals surface area contributed by atoms with Crippen LogP contribution in [-0.4, -0.2) is 59.1 Å². The topological polar surface area (TPSA) is 94.6 Å². The van der Waals surface area contributed by atoms with Gasteiger partial charge in [0.1, 0.15) is 11.9 Å². The standard InChI is InChI=1S/C27H36N4O3/c1-18-5-3-6-19(2)24(18)26(32)30-23(27(33)34)13-16-31-15-12-20(17-31)8-10-22-11-9-21-7-4-14-28-25(21)29-22/h3,5-6,9,11,20,23H,4,7-8,10,12-17H2,1-2H3,(H,28,29)(H,30,32)(H,33,34)/t20-,23?/m1/s1. The maximum atomic E-state index is 12.8. The number of hydrogen-bond donors (Lipinski definition) is 3. The lowest BCUT2D eigenvalue weighted by Gasteiger charge is -2.21. The number of anilines is 1. The van der Waals surface area contributed by atoms with Crippen molar-refractivity contribution in [2.24, 2.45) is 5.92 Å². The minimum Gasteiger partial charge on any atom is -0.480 e. The fourth-order valence-corrected chi connectivity index (χ4v) is 5.18. The van der Waals surface area contributed by atoms with Gasteiger partial charge in [0.05, 0.1) is 0 Å². The second-order valence-corrected chi connectivity index (χ2v) is 9.75. The van der Waals surface area contributed by atoms with E-state index < -0.39 is 12.0 Å². The zero-order chi connectivity index (χ0) is 24.1. The van der Waals surface area contributed by atoms with Crippen LogP contribution in [0.5, 0.6) is 0 Å². The molecular weight excluding hydrogens is 428 g/mol. The predicted molar refractivity (Wildman–Crippen MR) is 133 cm³/mol. The Morgan fingerprint density at radius 1 is 1.24 bits per heavy atom. The minimum absolute atomic E-state index is 0.311. The molecule has 4 rings (SSSR count). The fraction of sp³-hybridized carbons (Fsp3) is 0.519. The van der Waals surface area contributed by atoms with Crippen molar-refractivity contribution >= 4 is 17.7 Å². The van der Waals surface area contributed by atoms with Gasteiger partial charge in [-0.3, -0.25) is 4.79 Å². The maximum Gasteiger partial charge on any atom is 0.326 e. The molecule has 0 radical (unpaired) electrons. The van der Waals surface area contributed by atoms with Crippen LogP contribution in [0.4, 0.5) is 5.82 Å². The van der Waals surface area contributed by atoms with Crippen molar-refractivity contribution in [3.05, 3.63) is 58.3 Å². The van der Waals surface area contributed by atoms with E-state index in [9.17, 15) is 14.7 Å². The number of carboxylic acid groups (broad SMARTS) is 1. The van der Waals surface area contributed by atoms with Crippen molar-refractivity contribution in [1.29, 1.82) is 0 Å². The Bertz CT molecular complexity index is 1020. The van der Waals surface area contributed by atoms with Crippen LogP contribution >= 0.6 is 0 Å². The van der Waals surface area contributed by atoms with Crippen molar-refractivity contribution < 1.29 is 14.7 Å². The predicted octanol–water partition coefficient (Wildman–Crippen LogP) is 3.58. The van der Waals surface area contributed by atoms with E-state index >= 15 is 0 Å². The Morgan fingerprint density at radius 2 is 2.03 bits per heavy atom. The summed E-state index contributed by atoms with van der Waals surface area (Å²) in [5, 5.41) is 15.8.